The van der Waals surface area contributed by atoms with Gasteiger partial charge in [-0.2, -0.15) is 0 Å². The lowest BCUT2D eigenvalue weighted by molar-refractivity contribution is -0.100. The van der Waals surface area contributed by atoms with Crippen LogP contribution in [0.4, 0.5) is 0 Å². The molecule has 0 radical (unpaired) electrons. The normalized spacial score (nSPS) is 27.0. The molecule has 2 saturated heterocycles. The molecule has 4 rings (SSSR count). The highest BCUT2D eigenvalue weighted by molar-refractivity contribution is 6.30. The van der Waals surface area contributed by atoms with Crippen LogP contribution in [0.1, 0.15) is 24.8 Å². The van der Waals surface area contributed by atoms with Crippen molar-refractivity contribution in [2.75, 3.05) is 32.8 Å². The van der Waals surface area contributed by atoms with Crippen LogP contribution in [0.15, 0.2) is 34.5 Å². The number of morpholine rings is 1. The molecular formula is C20H28ClN5O2. The average molecular weight is 406 g/mol. The zero-order chi connectivity index (χ0) is 19.5. The van der Waals surface area contributed by atoms with Crippen LogP contribution in [-0.2, 0) is 11.2 Å². The zero-order valence-corrected chi connectivity index (χ0v) is 16.8. The molecule has 0 spiro atoms. The largest absolute Gasteiger partial charge is 0.394 e. The van der Waals surface area contributed by atoms with Gasteiger partial charge in [-0.15, -0.1) is 10.2 Å². The first-order chi connectivity index (χ1) is 13.6. The molecule has 3 aliphatic heterocycles. The molecule has 7 nitrogen and oxygen atoms in total. The summed E-state index contributed by atoms with van der Waals surface area (Å²) in [6, 6.07) is 8.84. The van der Waals surface area contributed by atoms with E-state index >= 15 is 0 Å². The molecule has 1 aromatic rings. The van der Waals surface area contributed by atoms with Crippen LogP contribution in [0.5, 0.6) is 0 Å². The van der Waals surface area contributed by atoms with E-state index in [1.54, 1.807) is 0 Å². The first-order valence-corrected chi connectivity index (χ1v) is 10.4. The van der Waals surface area contributed by atoms with Gasteiger partial charge in [0.05, 0.1) is 25.7 Å². The molecular weight excluding hydrogens is 378 g/mol. The number of amidine groups is 2. The molecule has 2 fully saturated rings. The molecule has 3 heterocycles. The Morgan fingerprint density at radius 2 is 1.93 bits per heavy atom. The van der Waals surface area contributed by atoms with Crippen molar-refractivity contribution in [3.8, 4) is 0 Å². The summed E-state index contributed by atoms with van der Waals surface area (Å²) in [5.41, 5.74) is 7.02. The van der Waals surface area contributed by atoms with Gasteiger partial charge in [0.2, 0.25) is 0 Å². The molecule has 0 bridgehead atoms. The number of nitrogens with two attached hydrogens (primary N) is 1. The zero-order valence-electron chi connectivity index (χ0n) is 16.0. The summed E-state index contributed by atoms with van der Waals surface area (Å²) in [5, 5.41) is 18.5. The van der Waals surface area contributed by atoms with E-state index in [-0.39, 0.29) is 12.7 Å². The Labute approximate surface area is 170 Å². The lowest BCUT2D eigenvalue weighted by Gasteiger charge is -2.46. The Morgan fingerprint density at radius 3 is 2.57 bits per heavy atom. The van der Waals surface area contributed by atoms with Crippen molar-refractivity contribution in [2.24, 2.45) is 15.9 Å². The third-order valence-corrected chi connectivity index (χ3v) is 6.18. The van der Waals surface area contributed by atoms with Crippen LogP contribution < -0.4 is 5.73 Å². The second-order valence-electron chi connectivity index (χ2n) is 7.82. The predicted octanol–water partition coefficient (Wildman–Crippen LogP) is 1.48. The van der Waals surface area contributed by atoms with Crippen molar-refractivity contribution in [1.82, 2.24) is 9.80 Å². The molecule has 0 amide bonds. The number of aliphatic hydroxyl groups is 1. The minimum Gasteiger partial charge on any atom is -0.394 e. The van der Waals surface area contributed by atoms with Gasteiger partial charge in [-0.3, -0.25) is 4.90 Å². The van der Waals surface area contributed by atoms with E-state index in [1.807, 2.05) is 12.1 Å². The Bertz CT molecular complexity index is 731. The average Bonchev–Trinajstić information content (AvgIpc) is 3.16. The lowest BCUT2D eigenvalue weighted by atomic mass is 9.96. The molecule has 8 heteroatoms. The molecule has 1 aromatic carbocycles. The molecule has 0 aliphatic carbocycles. The summed E-state index contributed by atoms with van der Waals surface area (Å²) < 4.78 is 5.89. The Morgan fingerprint density at radius 1 is 1.18 bits per heavy atom. The molecule has 152 valence electrons. The van der Waals surface area contributed by atoms with E-state index in [4.69, 9.17) is 22.1 Å². The fourth-order valence-electron chi connectivity index (χ4n) is 4.39. The maximum Gasteiger partial charge on any atom is 0.135 e. The van der Waals surface area contributed by atoms with Gasteiger partial charge in [0.1, 0.15) is 11.7 Å². The number of halogens is 1. The summed E-state index contributed by atoms with van der Waals surface area (Å²) >= 11 is 6.03. The van der Waals surface area contributed by atoms with E-state index in [0.29, 0.717) is 30.9 Å². The fraction of sp³-hybridized carbons (Fsp3) is 0.600. The monoisotopic (exact) mass is 405 g/mol. The summed E-state index contributed by atoms with van der Waals surface area (Å²) in [7, 11) is 0. The van der Waals surface area contributed by atoms with E-state index in [1.165, 1.54) is 5.56 Å². The van der Waals surface area contributed by atoms with Crippen LogP contribution in [0, 0.1) is 0 Å². The number of aliphatic hydroxyl groups excluding tert-OH is 1. The van der Waals surface area contributed by atoms with Gasteiger partial charge in [-0.25, -0.2) is 0 Å². The molecule has 3 aliphatic rings. The minimum absolute atomic E-state index is 0.0659. The SMILES string of the molecule is NC1=NN=C(N2CCC(N3C[C@H](CO)OC[C@@H]3Cc3ccc(Cl)cc3)CC2)C1. The fourth-order valence-corrected chi connectivity index (χ4v) is 4.52. The maximum atomic E-state index is 9.61. The molecule has 0 aromatic heterocycles. The number of rotatable bonds is 4. The van der Waals surface area contributed by atoms with Crippen LogP contribution in [0.3, 0.4) is 0 Å². The third kappa shape index (κ3) is 4.49. The van der Waals surface area contributed by atoms with E-state index in [9.17, 15) is 5.11 Å². The van der Waals surface area contributed by atoms with Gasteiger partial charge in [-0.1, -0.05) is 23.7 Å². The van der Waals surface area contributed by atoms with Gasteiger partial charge < -0.3 is 20.5 Å². The van der Waals surface area contributed by atoms with Crippen molar-refractivity contribution >= 4 is 23.3 Å². The Hall–Kier alpha value is -1.67. The smallest absolute Gasteiger partial charge is 0.135 e. The topological polar surface area (TPSA) is 86.7 Å². The summed E-state index contributed by atoms with van der Waals surface area (Å²) in [4.78, 5) is 4.86. The number of nitrogens with zero attached hydrogens (tertiary/aromatic N) is 4. The van der Waals surface area contributed by atoms with Gasteiger partial charge in [0, 0.05) is 36.7 Å². The highest BCUT2D eigenvalue weighted by Gasteiger charge is 2.35. The van der Waals surface area contributed by atoms with E-state index < -0.39 is 0 Å². The second kappa shape index (κ2) is 8.78. The Kier molecular flexibility index (Phi) is 6.16. The van der Waals surface area contributed by atoms with Crippen LogP contribution in [-0.4, -0.2) is 77.6 Å². The van der Waals surface area contributed by atoms with Crippen molar-refractivity contribution in [1.29, 1.82) is 0 Å². The van der Waals surface area contributed by atoms with Crippen molar-refractivity contribution < 1.29 is 9.84 Å². The predicted molar refractivity (Wildman–Crippen MR) is 111 cm³/mol. The maximum absolute atomic E-state index is 9.61. The van der Waals surface area contributed by atoms with Crippen LogP contribution in [0.25, 0.3) is 0 Å². The lowest BCUT2D eigenvalue weighted by Crippen LogP contribution is -2.58. The summed E-state index contributed by atoms with van der Waals surface area (Å²) in [6.45, 7) is 3.40. The van der Waals surface area contributed by atoms with Crippen molar-refractivity contribution in [3.05, 3.63) is 34.9 Å². The second-order valence-corrected chi connectivity index (χ2v) is 8.26. The third-order valence-electron chi connectivity index (χ3n) is 5.93. The highest BCUT2D eigenvalue weighted by atomic mass is 35.5. The first kappa shape index (κ1) is 19.6. The quantitative estimate of drug-likeness (QED) is 0.792. The molecule has 2 atom stereocenters. The number of hydrogen-bond acceptors (Lipinski definition) is 7. The van der Waals surface area contributed by atoms with Gasteiger partial charge in [0.25, 0.3) is 0 Å². The number of ether oxygens (including phenoxy) is 1. The van der Waals surface area contributed by atoms with Crippen LogP contribution in [0.2, 0.25) is 5.02 Å². The molecule has 0 saturated carbocycles. The van der Waals surface area contributed by atoms with Gasteiger partial charge in [0.15, 0.2) is 0 Å². The number of likely N-dealkylation sites (tertiary alicyclic amines) is 1. The summed E-state index contributed by atoms with van der Waals surface area (Å²) in [6.07, 6.45) is 3.61. The van der Waals surface area contributed by atoms with Crippen molar-refractivity contribution in [3.63, 3.8) is 0 Å². The standard InChI is InChI=1S/C20H28ClN5O2/c21-15-3-1-14(2-4-15)9-17-13-28-18(12-27)11-26(17)16-5-7-25(8-6-16)20-10-19(22)23-24-20/h1-4,16-18,27H,5-13H2,(H2,22,23)/t17-,18+/m0/s1. The number of benzene rings is 1. The first-order valence-electron chi connectivity index (χ1n) is 9.99. The molecule has 0 unspecified atom stereocenters. The Balaban J connectivity index is 1.40. The number of piperidine rings is 1. The molecule has 3 N–H and O–H groups in total. The van der Waals surface area contributed by atoms with E-state index in [2.05, 4.69) is 32.1 Å². The molecule has 28 heavy (non-hydrogen) atoms. The summed E-state index contributed by atoms with van der Waals surface area (Å²) in [5.74, 6) is 1.59. The van der Waals surface area contributed by atoms with E-state index in [0.717, 1.165) is 49.8 Å². The van der Waals surface area contributed by atoms with Crippen molar-refractivity contribution in [2.45, 2.75) is 43.9 Å². The number of hydrogen-bond donors (Lipinski definition) is 2. The highest BCUT2D eigenvalue weighted by Crippen LogP contribution is 2.26. The van der Waals surface area contributed by atoms with Crippen LogP contribution >= 0.6 is 11.6 Å². The van der Waals surface area contributed by atoms with Gasteiger partial charge >= 0.3 is 0 Å². The minimum atomic E-state index is -0.105. The van der Waals surface area contributed by atoms with Gasteiger partial charge in [-0.05, 0) is 37.0 Å².